The Balaban J connectivity index is 1.61. The molecule has 0 bridgehead atoms. The van der Waals surface area contributed by atoms with Crippen molar-refractivity contribution in [3.8, 4) is 0 Å². The Hall–Kier alpha value is -2.80. The molecule has 25 heavy (non-hydrogen) atoms. The van der Waals surface area contributed by atoms with E-state index in [9.17, 15) is 4.79 Å². The predicted octanol–water partition coefficient (Wildman–Crippen LogP) is 1.77. The van der Waals surface area contributed by atoms with Gasteiger partial charge in [-0.25, -0.2) is 9.50 Å². The van der Waals surface area contributed by atoms with Crippen molar-refractivity contribution in [2.75, 3.05) is 25.1 Å². The normalized spacial score (nSPS) is 17.3. The number of imidazole rings is 1. The average Bonchev–Trinajstić information content (AvgIpc) is 3.29. The molecule has 0 aliphatic carbocycles. The topological polar surface area (TPSA) is 72.6 Å². The summed E-state index contributed by atoms with van der Waals surface area (Å²) in [5, 5.41) is 4.63. The van der Waals surface area contributed by atoms with Gasteiger partial charge in [0, 0.05) is 32.1 Å². The van der Waals surface area contributed by atoms with Crippen LogP contribution in [-0.2, 0) is 11.2 Å². The number of Topliss-reactive ketones (excluding diaryl/α,β-unsaturated/α-hetero) is 1. The minimum atomic E-state index is -0.0490. The fourth-order valence-electron chi connectivity index (χ4n) is 3.11. The smallest absolute Gasteiger partial charge is 0.188 e. The van der Waals surface area contributed by atoms with Crippen molar-refractivity contribution in [3.63, 3.8) is 0 Å². The number of ether oxygens (including phenoxy) is 1. The number of ketones is 1. The van der Waals surface area contributed by atoms with Gasteiger partial charge >= 0.3 is 0 Å². The van der Waals surface area contributed by atoms with E-state index in [0.717, 1.165) is 31.0 Å². The maximum atomic E-state index is 12.6. The minimum absolute atomic E-state index is 0.0490. The molecule has 3 aromatic rings. The fraction of sp³-hybridized carbons (Fsp3) is 0.333. The number of methoxy groups -OCH3 is 1. The van der Waals surface area contributed by atoms with Gasteiger partial charge in [-0.3, -0.25) is 9.78 Å². The largest absolute Gasteiger partial charge is 0.380 e. The van der Waals surface area contributed by atoms with Crippen molar-refractivity contribution in [1.82, 2.24) is 19.6 Å². The fourth-order valence-corrected chi connectivity index (χ4v) is 3.11. The molecule has 3 aromatic heterocycles. The molecule has 128 valence electrons. The van der Waals surface area contributed by atoms with Crippen molar-refractivity contribution in [2.45, 2.75) is 18.9 Å². The summed E-state index contributed by atoms with van der Waals surface area (Å²) in [5.74, 6) is 0.781. The SMILES string of the molecule is CO[C@H]1CCN(c2ccc3ncc(C(=O)Cc4ccccn4)n3n2)C1. The summed E-state index contributed by atoms with van der Waals surface area (Å²) in [6.07, 6.45) is 4.71. The van der Waals surface area contributed by atoms with Crippen LogP contribution in [0.1, 0.15) is 22.6 Å². The second kappa shape index (κ2) is 6.60. The number of rotatable bonds is 5. The Kier molecular flexibility index (Phi) is 4.15. The molecule has 0 aromatic carbocycles. The van der Waals surface area contributed by atoms with E-state index in [1.54, 1.807) is 24.0 Å². The lowest BCUT2D eigenvalue weighted by molar-refractivity contribution is 0.0985. The summed E-state index contributed by atoms with van der Waals surface area (Å²) in [4.78, 5) is 23.3. The van der Waals surface area contributed by atoms with E-state index < -0.39 is 0 Å². The number of hydrogen-bond acceptors (Lipinski definition) is 6. The molecule has 1 atom stereocenters. The number of pyridine rings is 1. The number of aromatic nitrogens is 4. The first-order valence-electron chi connectivity index (χ1n) is 8.30. The van der Waals surface area contributed by atoms with E-state index in [2.05, 4.69) is 20.0 Å². The third-order valence-electron chi connectivity index (χ3n) is 4.50. The number of fused-ring (bicyclic) bond motifs is 1. The third kappa shape index (κ3) is 3.10. The average molecular weight is 337 g/mol. The summed E-state index contributed by atoms with van der Waals surface area (Å²) in [6.45, 7) is 1.70. The molecule has 0 N–H and O–H groups in total. The Morgan fingerprint density at radius 1 is 1.28 bits per heavy atom. The Morgan fingerprint density at radius 2 is 2.20 bits per heavy atom. The number of nitrogens with zero attached hydrogens (tertiary/aromatic N) is 5. The summed E-state index contributed by atoms with van der Waals surface area (Å²) >= 11 is 0. The number of hydrogen-bond donors (Lipinski definition) is 0. The van der Waals surface area contributed by atoms with Crippen LogP contribution in [-0.4, -0.2) is 51.7 Å². The first-order chi connectivity index (χ1) is 12.2. The highest BCUT2D eigenvalue weighted by molar-refractivity contribution is 5.96. The zero-order valence-corrected chi connectivity index (χ0v) is 14.0. The Bertz CT molecular complexity index is 893. The van der Waals surface area contributed by atoms with Gasteiger partial charge in [0.2, 0.25) is 0 Å². The zero-order chi connectivity index (χ0) is 17.2. The van der Waals surface area contributed by atoms with Crippen molar-refractivity contribution in [3.05, 3.63) is 54.1 Å². The van der Waals surface area contributed by atoms with Crippen molar-refractivity contribution >= 4 is 17.2 Å². The third-order valence-corrected chi connectivity index (χ3v) is 4.50. The molecule has 1 saturated heterocycles. The monoisotopic (exact) mass is 337 g/mol. The summed E-state index contributed by atoms with van der Waals surface area (Å²) in [6, 6.07) is 9.38. The van der Waals surface area contributed by atoms with E-state index in [1.807, 2.05) is 30.3 Å². The van der Waals surface area contributed by atoms with Gasteiger partial charge in [-0.2, -0.15) is 0 Å². The van der Waals surface area contributed by atoms with Gasteiger partial charge in [-0.15, -0.1) is 5.10 Å². The summed E-state index contributed by atoms with van der Waals surface area (Å²) in [7, 11) is 1.73. The Labute approximate surface area is 145 Å². The summed E-state index contributed by atoms with van der Waals surface area (Å²) in [5.41, 5.74) is 1.88. The lowest BCUT2D eigenvalue weighted by Crippen LogP contribution is -2.24. The number of carbonyl (C=O) groups is 1. The number of carbonyl (C=O) groups excluding carboxylic acids is 1. The van der Waals surface area contributed by atoms with Crippen LogP contribution in [0.15, 0.2) is 42.7 Å². The predicted molar refractivity (Wildman–Crippen MR) is 92.9 cm³/mol. The lowest BCUT2D eigenvalue weighted by atomic mass is 10.1. The van der Waals surface area contributed by atoms with Crippen molar-refractivity contribution in [1.29, 1.82) is 0 Å². The highest BCUT2D eigenvalue weighted by atomic mass is 16.5. The van der Waals surface area contributed by atoms with Gasteiger partial charge in [-0.1, -0.05) is 6.07 Å². The maximum Gasteiger partial charge on any atom is 0.188 e. The molecule has 0 unspecified atom stereocenters. The summed E-state index contributed by atoms with van der Waals surface area (Å²) < 4.78 is 7.04. The molecule has 4 rings (SSSR count). The van der Waals surface area contributed by atoms with Crippen LogP contribution in [0, 0.1) is 0 Å². The zero-order valence-electron chi connectivity index (χ0n) is 14.0. The van der Waals surface area contributed by atoms with E-state index in [4.69, 9.17) is 4.74 Å². The molecule has 7 nitrogen and oxygen atoms in total. The van der Waals surface area contributed by atoms with Crippen LogP contribution in [0.4, 0.5) is 5.82 Å². The maximum absolute atomic E-state index is 12.6. The van der Waals surface area contributed by atoms with Crippen LogP contribution < -0.4 is 4.90 Å². The molecule has 0 radical (unpaired) electrons. The molecular weight excluding hydrogens is 318 g/mol. The van der Waals surface area contributed by atoms with Gasteiger partial charge in [-0.05, 0) is 30.7 Å². The van der Waals surface area contributed by atoms with Crippen LogP contribution in [0.3, 0.4) is 0 Å². The van der Waals surface area contributed by atoms with E-state index in [1.165, 1.54) is 0 Å². The molecule has 0 spiro atoms. The van der Waals surface area contributed by atoms with Crippen LogP contribution in [0.5, 0.6) is 0 Å². The second-order valence-corrected chi connectivity index (χ2v) is 6.12. The van der Waals surface area contributed by atoms with Gasteiger partial charge in [0.15, 0.2) is 11.4 Å². The quantitative estimate of drug-likeness (QED) is 0.661. The van der Waals surface area contributed by atoms with Crippen molar-refractivity contribution < 1.29 is 9.53 Å². The molecule has 4 heterocycles. The van der Waals surface area contributed by atoms with E-state index in [0.29, 0.717) is 11.3 Å². The van der Waals surface area contributed by atoms with Crippen LogP contribution in [0.2, 0.25) is 0 Å². The first kappa shape index (κ1) is 15.7. The second-order valence-electron chi connectivity index (χ2n) is 6.12. The van der Waals surface area contributed by atoms with Crippen LogP contribution >= 0.6 is 0 Å². The van der Waals surface area contributed by atoms with Gasteiger partial charge < -0.3 is 9.64 Å². The molecule has 1 aliphatic rings. The highest BCUT2D eigenvalue weighted by Gasteiger charge is 2.24. The van der Waals surface area contributed by atoms with Gasteiger partial charge in [0.25, 0.3) is 0 Å². The van der Waals surface area contributed by atoms with Crippen molar-refractivity contribution in [2.24, 2.45) is 0 Å². The lowest BCUT2D eigenvalue weighted by Gasteiger charge is -2.17. The van der Waals surface area contributed by atoms with E-state index >= 15 is 0 Å². The molecule has 7 heteroatoms. The Morgan fingerprint density at radius 3 is 2.96 bits per heavy atom. The van der Waals surface area contributed by atoms with Gasteiger partial charge in [0.05, 0.1) is 18.7 Å². The molecule has 0 amide bonds. The van der Waals surface area contributed by atoms with E-state index in [-0.39, 0.29) is 18.3 Å². The first-order valence-corrected chi connectivity index (χ1v) is 8.30. The van der Waals surface area contributed by atoms with Crippen LogP contribution in [0.25, 0.3) is 5.65 Å². The molecule has 1 aliphatic heterocycles. The minimum Gasteiger partial charge on any atom is -0.380 e. The van der Waals surface area contributed by atoms with Gasteiger partial charge in [0.1, 0.15) is 11.5 Å². The molecule has 0 saturated carbocycles. The molecule has 1 fully saturated rings. The highest BCUT2D eigenvalue weighted by Crippen LogP contribution is 2.20. The number of anilines is 1. The standard InChI is InChI=1S/C18H19N5O2/c1-25-14-7-9-22(12-14)18-6-5-17-20-11-15(23(17)21-18)16(24)10-13-4-2-3-8-19-13/h2-6,8,11,14H,7,9-10,12H2,1H3/t14-/m0/s1. The molecular formula is C18H19N5O2.